The number of nitrogens with zero attached hydrogens (tertiary/aromatic N) is 2. The Balaban J connectivity index is 1.02. The van der Waals surface area contributed by atoms with E-state index in [1.54, 1.807) is 0 Å². The van der Waals surface area contributed by atoms with Crippen molar-refractivity contribution < 1.29 is 4.42 Å². The molecule has 58 heavy (non-hydrogen) atoms. The van der Waals surface area contributed by atoms with Gasteiger partial charge in [-0.3, -0.25) is 4.57 Å². The summed E-state index contributed by atoms with van der Waals surface area (Å²) in [6.45, 7) is 0. The second kappa shape index (κ2) is 14.2. The van der Waals surface area contributed by atoms with Gasteiger partial charge in [0.1, 0.15) is 17.0 Å². The van der Waals surface area contributed by atoms with Gasteiger partial charge in [-0.15, -0.1) is 0 Å². The van der Waals surface area contributed by atoms with Crippen molar-refractivity contribution in [2.45, 2.75) is 12.3 Å². The SMILES string of the molecule is C1=CC(c2ccc3oc4c(-c5ccc(-c6nc7ccccc7n6-c6ccccc6)cc5)cc(-c5ccc(-c6ccccc6)cc5)cc4c3c2)CC=C1c1ccccc1. The molecule has 0 amide bonds. The normalized spacial score (nSPS) is 14.0. The second-order valence-electron chi connectivity index (χ2n) is 15.1. The second-order valence-corrected chi connectivity index (χ2v) is 15.1. The fourth-order valence-electron chi connectivity index (χ4n) is 8.56. The predicted octanol–water partition coefficient (Wildman–Crippen LogP) is 14.7. The molecule has 1 atom stereocenters. The summed E-state index contributed by atoms with van der Waals surface area (Å²) < 4.78 is 9.06. The standard InChI is InChI=1S/C55H38N2O/c1-4-12-37(13-5-1)39-20-24-41(25-21-39)45-32-33-53-49(34-45)50-36-46(42-26-22-40(23-27-42)38-14-6-2-7-15-38)35-48(54(50)58-53)43-28-30-44(31-29-43)55-56-51-18-10-11-19-52(51)57(55)47-16-8-3-9-17-47/h1-24,26-36,41H,25H2. The van der Waals surface area contributed by atoms with E-state index < -0.39 is 0 Å². The van der Waals surface area contributed by atoms with Gasteiger partial charge in [0.25, 0.3) is 0 Å². The number of hydrogen-bond donors (Lipinski definition) is 0. The molecule has 0 aliphatic heterocycles. The number of para-hydroxylation sites is 3. The van der Waals surface area contributed by atoms with Crippen molar-refractivity contribution in [3.63, 3.8) is 0 Å². The monoisotopic (exact) mass is 742 g/mol. The van der Waals surface area contributed by atoms with Crippen LogP contribution in [0.25, 0.3) is 89.0 Å². The summed E-state index contributed by atoms with van der Waals surface area (Å²) in [5.41, 5.74) is 16.7. The lowest BCUT2D eigenvalue weighted by molar-refractivity contribution is 0.669. The van der Waals surface area contributed by atoms with Gasteiger partial charge in [-0.1, -0.05) is 164 Å². The highest BCUT2D eigenvalue weighted by Crippen LogP contribution is 2.42. The van der Waals surface area contributed by atoms with Crippen molar-refractivity contribution >= 4 is 38.5 Å². The van der Waals surface area contributed by atoms with Crippen LogP contribution in [0.5, 0.6) is 0 Å². The van der Waals surface area contributed by atoms with Gasteiger partial charge in [0.05, 0.1) is 11.0 Å². The molecule has 3 nitrogen and oxygen atoms in total. The van der Waals surface area contributed by atoms with E-state index >= 15 is 0 Å². The molecule has 0 N–H and O–H groups in total. The Hall–Kier alpha value is -7.49. The van der Waals surface area contributed by atoms with E-state index in [2.05, 4.69) is 211 Å². The predicted molar refractivity (Wildman–Crippen MR) is 241 cm³/mol. The third kappa shape index (κ3) is 6.05. The highest BCUT2D eigenvalue weighted by Gasteiger charge is 2.20. The molecule has 0 radical (unpaired) electrons. The molecule has 0 saturated heterocycles. The van der Waals surface area contributed by atoms with Crippen molar-refractivity contribution in [2.75, 3.05) is 0 Å². The number of fused-ring (bicyclic) bond motifs is 4. The molecule has 11 rings (SSSR count). The number of imidazole rings is 1. The van der Waals surface area contributed by atoms with Crippen LogP contribution in [-0.2, 0) is 0 Å². The summed E-state index contributed by atoms with van der Waals surface area (Å²) in [6, 6.07) is 69.1. The van der Waals surface area contributed by atoms with Gasteiger partial charge < -0.3 is 4.42 Å². The third-order valence-corrected chi connectivity index (χ3v) is 11.6. The van der Waals surface area contributed by atoms with Crippen LogP contribution in [0.3, 0.4) is 0 Å². The van der Waals surface area contributed by atoms with E-state index in [1.807, 2.05) is 6.07 Å². The van der Waals surface area contributed by atoms with E-state index in [1.165, 1.54) is 27.8 Å². The first-order valence-electron chi connectivity index (χ1n) is 20.0. The van der Waals surface area contributed by atoms with Gasteiger partial charge in [-0.25, -0.2) is 4.98 Å². The molecular weight excluding hydrogens is 705 g/mol. The summed E-state index contributed by atoms with van der Waals surface area (Å²) in [4.78, 5) is 5.13. The maximum atomic E-state index is 6.81. The van der Waals surface area contributed by atoms with Crippen molar-refractivity contribution in [3.8, 4) is 50.5 Å². The Morgan fingerprint density at radius 2 is 1.12 bits per heavy atom. The minimum atomic E-state index is 0.294. The zero-order chi connectivity index (χ0) is 38.4. The van der Waals surface area contributed by atoms with Gasteiger partial charge in [-0.05, 0) is 99.5 Å². The summed E-state index contributed by atoms with van der Waals surface area (Å²) >= 11 is 0. The molecule has 10 aromatic rings. The fraction of sp³-hybridized carbons (Fsp3) is 0.0364. The lowest BCUT2D eigenvalue weighted by Gasteiger charge is -2.17. The first-order valence-corrected chi connectivity index (χ1v) is 20.0. The maximum absolute atomic E-state index is 6.81. The molecule has 0 saturated carbocycles. The Bertz CT molecular complexity index is 3150. The average molecular weight is 743 g/mol. The number of allylic oxidation sites excluding steroid dienone is 4. The zero-order valence-electron chi connectivity index (χ0n) is 31.8. The quantitative estimate of drug-likeness (QED) is 0.163. The van der Waals surface area contributed by atoms with Gasteiger partial charge in [0, 0.05) is 33.5 Å². The van der Waals surface area contributed by atoms with Crippen molar-refractivity contribution in [3.05, 3.63) is 223 Å². The number of rotatable bonds is 7. The number of aromatic nitrogens is 2. The minimum absolute atomic E-state index is 0.294. The van der Waals surface area contributed by atoms with Crippen LogP contribution in [-0.4, -0.2) is 9.55 Å². The van der Waals surface area contributed by atoms with Crippen LogP contribution < -0.4 is 0 Å². The molecule has 2 heterocycles. The van der Waals surface area contributed by atoms with Crippen molar-refractivity contribution in [2.24, 2.45) is 0 Å². The molecule has 0 spiro atoms. The van der Waals surface area contributed by atoms with Gasteiger partial charge in [0.2, 0.25) is 0 Å². The summed E-state index contributed by atoms with van der Waals surface area (Å²) in [7, 11) is 0. The number of benzene rings is 8. The van der Waals surface area contributed by atoms with Crippen LogP contribution in [0.1, 0.15) is 23.5 Å². The minimum Gasteiger partial charge on any atom is -0.455 e. The van der Waals surface area contributed by atoms with E-state index in [9.17, 15) is 0 Å². The van der Waals surface area contributed by atoms with Gasteiger partial charge in [-0.2, -0.15) is 0 Å². The smallest absolute Gasteiger partial charge is 0.145 e. The van der Waals surface area contributed by atoms with Gasteiger partial charge >= 0.3 is 0 Å². The zero-order valence-corrected chi connectivity index (χ0v) is 31.8. The molecule has 1 aliphatic rings. The summed E-state index contributed by atoms with van der Waals surface area (Å²) in [6.07, 6.45) is 7.95. The Kier molecular flexibility index (Phi) is 8.29. The molecule has 274 valence electrons. The van der Waals surface area contributed by atoms with Crippen LogP contribution in [0.15, 0.2) is 217 Å². The highest BCUT2D eigenvalue weighted by molar-refractivity contribution is 6.11. The molecule has 0 bridgehead atoms. The Labute approximate surface area is 337 Å². The van der Waals surface area contributed by atoms with E-state index in [0.717, 1.165) is 78.7 Å². The van der Waals surface area contributed by atoms with Crippen LogP contribution in [0.4, 0.5) is 0 Å². The van der Waals surface area contributed by atoms with Crippen LogP contribution in [0.2, 0.25) is 0 Å². The van der Waals surface area contributed by atoms with Crippen molar-refractivity contribution in [1.29, 1.82) is 0 Å². The molecule has 1 aliphatic carbocycles. The number of hydrogen-bond acceptors (Lipinski definition) is 2. The lowest BCUT2D eigenvalue weighted by Crippen LogP contribution is -1.98. The molecule has 0 fully saturated rings. The fourth-order valence-corrected chi connectivity index (χ4v) is 8.56. The van der Waals surface area contributed by atoms with Gasteiger partial charge in [0.15, 0.2) is 0 Å². The summed E-state index contributed by atoms with van der Waals surface area (Å²) in [5.74, 6) is 1.21. The van der Waals surface area contributed by atoms with Crippen LogP contribution in [0, 0.1) is 0 Å². The van der Waals surface area contributed by atoms with E-state index in [-0.39, 0.29) is 0 Å². The van der Waals surface area contributed by atoms with E-state index in [4.69, 9.17) is 9.40 Å². The lowest BCUT2D eigenvalue weighted by atomic mass is 9.87. The van der Waals surface area contributed by atoms with Crippen LogP contribution >= 0.6 is 0 Å². The Morgan fingerprint density at radius 3 is 1.84 bits per heavy atom. The topological polar surface area (TPSA) is 31.0 Å². The van der Waals surface area contributed by atoms with Crippen molar-refractivity contribution in [1.82, 2.24) is 9.55 Å². The summed E-state index contributed by atoms with van der Waals surface area (Å²) in [5, 5.41) is 2.25. The molecule has 2 aromatic heterocycles. The highest BCUT2D eigenvalue weighted by atomic mass is 16.3. The molecular formula is C55H38N2O. The maximum Gasteiger partial charge on any atom is 0.145 e. The number of furan rings is 1. The first kappa shape index (κ1) is 33.8. The molecule has 3 heteroatoms. The average Bonchev–Trinajstić information content (AvgIpc) is 3.88. The Morgan fingerprint density at radius 1 is 0.500 bits per heavy atom. The molecule has 1 unspecified atom stereocenters. The molecule has 8 aromatic carbocycles. The first-order chi connectivity index (χ1) is 28.7. The largest absolute Gasteiger partial charge is 0.455 e. The van der Waals surface area contributed by atoms with E-state index in [0.29, 0.717) is 5.92 Å². The third-order valence-electron chi connectivity index (χ3n) is 11.6.